The van der Waals surface area contributed by atoms with Gasteiger partial charge in [0.1, 0.15) is 11.6 Å². The van der Waals surface area contributed by atoms with Crippen LogP contribution in [0.2, 0.25) is 0 Å². The summed E-state index contributed by atoms with van der Waals surface area (Å²) in [5.74, 6) is -0.820. The molecule has 1 saturated heterocycles. The zero-order chi connectivity index (χ0) is 22.8. The van der Waals surface area contributed by atoms with E-state index in [0.717, 1.165) is 25.5 Å². The summed E-state index contributed by atoms with van der Waals surface area (Å²) in [6, 6.07) is 4.50. The number of hydrogen-bond acceptors (Lipinski definition) is 6. The van der Waals surface area contributed by atoms with E-state index in [-0.39, 0.29) is 24.1 Å². The number of aliphatic carboxylic acids is 1. The lowest BCUT2D eigenvalue weighted by molar-refractivity contribution is -0.139. The minimum Gasteiger partial charge on any atom is -0.507 e. The number of aromatic hydroxyl groups is 1. The van der Waals surface area contributed by atoms with Crippen molar-refractivity contribution in [2.24, 2.45) is 0 Å². The smallest absolute Gasteiger partial charge is 0.416 e. The van der Waals surface area contributed by atoms with Gasteiger partial charge in [0.25, 0.3) is 0 Å². The molecule has 1 aromatic carbocycles. The number of anilines is 1. The van der Waals surface area contributed by atoms with E-state index in [9.17, 15) is 23.1 Å². The van der Waals surface area contributed by atoms with Gasteiger partial charge in [0.05, 0.1) is 17.7 Å². The topological polar surface area (TPSA) is 98.6 Å². The first-order valence-electron chi connectivity index (χ1n) is 10.0. The largest absolute Gasteiger partial charge is 0.507 e. The Kier molecular flexibility index (Phi) is 6.68. The molecule has 168 valence electrons. The van der Waals surface area contributed by atoms with Crippen molar-refractivity contribution in [1.82, 2.24) is 15.1 Å². The second-order valence-electron chi connectivity index (χ2n) is 7.92. The molecule has 0 amide bonds. The molecule has 2 atom stereocenters. The van der Waals surface area contributed by atoms with Crippen LogP contribution >= 0.6 is 0 Å². The minimum atomic E-state index is -4.54. The predicted octanol–water partition coefficient (Wildman–Crippen LogP) is 3.92. The van der Waals surface area contributed by atoms with E-state index < -0.39 is 23.5 Å². The molecule has 3 N–H and O–H groups in total. The van der Waals surface area contributed by atoms with Gasteiger partial charge in [-0.2, -0.15) is 13.2 Å². The first-order chi connectivity index (χ1) is 14.5. The monoisotopic (exact) mass is 438 g/mol. The van der Waals surface area contributed by atoms with Crippen molar-refractivity contribution in [3.8, 4) is 17.0 Å². The molecule has 0 unspecified atom stereocenters. The van der Waals surface area contributed by atoms with Gasteiger partial charge in [-0.3, -0.25) is 9.69 Å². The van der Waals surface area contributed by atoms with Gasteiger partial charge in [-0.05, 0) is 63.1 Å². The molecule has 2 heterocycles. The van der Waals surface area contributed by atoms with Crippen LogP contribution in [0.5, 0.6) is 5.75 Å². The highest BCUT2D eigenvalue weighted by Crippen LogP contribution is 2.36. The number of phenolic OH excluding ortho intramolecular Hbond substituents is 1. The number of likely N-dealkylation sites (tertiary alicyclic amines) is 1. The fourth-order valence-electron chi connectivity index (χ4n) is 3.85. The number of nitrogens with one attached hydrogen (secondary N) is 1. The van der Waals surface area contributed by atoms with Crippen molar-refractivity contribution in [2.45, 2.75) is 51.4 Å². The Labute approximate surface area is 177 Å². The Morgan fingerprint density at radius 1 is 1.32 bits per heavy atom. The first kappa shape index (κ1) is 22.8. The van der Waals surface area contributed by atoms with E-state index in [1.54, 1.807) is 13.0 Å². The van der Waals surface area contributed by atoms with Crippen molar-refractivity contribution in [1.29, 1.82) is 0 Å². The van der Waals surface area contributed by atoms with E-state index in [2.05, 4.69) is 20.4 Å². The van der Waals surface area contributed by atoms with Crippen LogP contribution in [0.1, 0.15) is 37.3 Å². The summed E-state index contributed by atoms with van der Waals surface area (Å²) in [6.07, 6.45) is -2.64. The number of carboxylic acid groups (broad SMARTS) is 1. The van der Waals surface area contributed by atoms with E-state index in [1.807, 2.05) is 6.92 Å². The average Bonchev–Trinajstić information content (AvgIpc) is 2.67. The number of piperidine rings is 1. The Morgan fingerprint density at radius 2 is 2.06 bits per heavy atom. The second kappa shape index (κ2) is 9.09. The highest BCUT2D eigenvalue weighted by molar-refractivity contribution is 5.70. The van der Waals surface area contributed by atoms with Crippen molar-refractivity contribution >= 4 is 11.8 Å². The number of carboxylic acids is 1. The molecule has 7 nitrogen and oxygen atoms in total. The fraction of sp³-hybridized carbons (Fsp3) is 0.476. The number of aryl methyl sites for hydroxylation is 1. The molecule has 0 spiro atoms. The Balaban J connectivity index is 1.72. The summed E-state index contributed by atoms with van der Waals surface area (Å²) < 4.78 is 38.4. The number of phenols is 1. The first-order valence-corrected chi connectivity index (χ1v) is 10.0. The van der Waals surface area contributed by atoms with Gasteiger partial charge in [0.15, 0.2) is 0 Å². The van der Waals surface area contributed by atoms with Crippen LogP contribution in [0.4, 0.5) is 19.0 Å². The van der Waals surface area contributed by atoms with Gasteiger partial charge >= 0.3 is 12.1 Å². The maximum absolute atomic E-state index is 12.8. The quantitative estimate of drug-likeness (QED) is 0.629. The zero-order valence-electron chi connectivity index (χ0n) is 17.3. The van der Waals surface area contributed by atoms with Crippen LogP contribution < -0.4 is 5.32 Å². The lowest BCUT2D eigenvalue weighted by atomic mass is 10.0. The number of rotatable bonds is 6. The maximum atomic E-state index is 12.8. The summed E-state index contributed by atoms with van der Waals surface area (Å²) in [5, 5.41) is 30.6. The highest BCUT2D eigenvalue weighted by atomic mass is 19.4. The Morgan fingerprint density at radius 3 is 2.68 bits per heavy atom. The molecule has 0 bridgehead atoms. The second-order valence-corrected chi connectivity index (χ2v) is 7.92. The number of hydrogen-bond donors (Lipinski definition) is 3. The molecule has 10 heteroatoms. The lowest BCUT2D eigenvalue weighted by Gasteiger charge is -2.36. The number of nitrogens with zero attached hydrogens (tertiary/aromatic N) is 3. The number of carbonyl (C=O) groups is 1. The van der Waals surface area contributed by atoms with Gasteiger partial charge in [0, 0.05) is 24.2 Å². The molecule has 1 aliphatic heterocycles. The average molecular weight is 438 g/mol. The molecule has 1 aromatic heterocycles. The minimum absolute atomic E-state index is 0.0695. The number of halogens is 3. The summed E-state index contributed by atoms with van der Waals surface area (Å²) >= 11 is 0. The zero-order valence-corrected chi connectivity index (χ0v) is 17.3. The van der Waals surface area contributed by atoms with E-state index in [4.69, 9.17) is 5.11 Å². The molecule has 0 saturated carbocycles. The van der Waals surface area contributed by atoms with E-state index >= 15 is 0 Å². The molecule has 1 fully saturated rings. The standard InChI is InChI=1S/C21H25F3N4O3/c1-12-8-18(25-15-4-3-7-28(11-15)13(2)9-19(30)31)26-27-20(12)16-6-5-14(10-17(16)29)21(22,23)24/h5-6,8,10,13,15,29H,3-4,7,9,11H2,1-2H3,(H,25,26)(H,30,31)/t13-,15+/m0/s1. The van der Waals surface area contributed by atoms with Crippen LogP contribution in [0.25, 0.3) is 11.3 Å². The van der Waals surface area contributed by atoms with E-state index in [1.165, 1.54) is 6.07 Å². The third-order valence-electron chi connectivity index (χ3n) is 5.46. The molecular weight excluding hydrogens is 413 g/mol. The fourth-order valence-corrected chi connectivity index (χ4v) is 3.85. The third kappa shape index (κ3) is 5.63. The summed E-state index contributed by atoms with van der Waals surface area (Å²) in [6.45, 7) is 5.15. The van der Waals surface area contributed by atoms with Gasteiger partial charge in [-0.15, -0.1) is 10.2 Å². The van der Waals surface area contributed by atoms with Crippen molar-refractivity contribution in [2.75, 3.05) is 18.4 Å². The SMILES string of the molecule is Cc1cc(N[C@@H]2CCCN([C@@H](C)CC(=O)O)C2)nnc1-c1ccc(C(F)(F)F)cc1O. The molecular formula is C21H25F3N4O3. The van der Waals surface area contributed by atoms with Crippen LogP contribution in [0, 0.1) is 6.92 Å². The maximum Gasteiger partial charge on any atom is 0.416 e. The van der Waals surface area contributed by atoms with Gasteiger partial charge in [-0.25, -0.2) is 0 Å². The van der Waals surface area contributed by atoms with Crippen LogP contribution in [0.15, 0.2) is 24.3 Å². The van der Waals surface area contributed by atoms with Crippen molar-refractivity contribution < 1.29 is 28.2 Å². The number of aromatic nitrogens is 2. The lowest BCUT2D eigenvalue weighted by Crippen LogP contribution is -2.46. The van der Waals surface area contributed by atoms with Gasteiger partial charge < -0.3 is 15.5 Å². The van der Waals surface area contributed by atoms with Crippen molar-refractivity contribution in [3.63, 3.8) is 0 Å². The number of benzene rings is 1. The normalized spacial score (nSPS) is 18.5. The highest BCUT2D eigenvalue weighted by Gasteiger charge is 2.31. The molecule has 0 aliphatic carbocycles. The molecule has 1 aliphatic rings. The van der Waals surface area contributed by atoms with E-state index in [0.29, 0.717) is 29.7 Å². The third-order valence-corrected chi connectivity index (χ3v) is 5.46. The number of alkyl halides is 3. The predicted molar refractivity (Wildman–Crippen MR) is 109 cm³/mol. The molecule has 0 radical (unpaired) electrons. The summed E-state index contributed by atoms with van der Waals surface area (Å²) in [4.78, 5) is 13.1. The van der Waals surface area contributed by atoms with Crippen LogP contribution in [-0.2, 0) is 11.0 Å². The van der Waals surface area contributed by atoms with Gasteiger partial charge in [-0.1, -0.05) is 0 Å². The molecule has 31 heavy (non-hydrogen) atoms. The Bertz CT molecular complexity index is 952. The van der Waals surface area contributed by atoms with Gasteiger partial charge in [0.2, 0.25) is 0 Å². The summed E-state index contributed by atoms with van der Waals surface area (Å²) in [5.41, 5.74) is 0.198. The molecule has 3 rings (SSSR count). The Hall–Kier alpha value is -2.88. The van der Waals surface area contributed by atoms with Crippen LogP contribution in [0.3, 0.4) is 0 Å². The molecule has 2 aromatic rings. The summed E-state index contributed by atoms with van der Waals surface area (Å²) in [7, 11) is 0. The van der Waals surface area contributed by atoms with Crippen LogP contribution in [-0.4, -0.2) is 56.5 Å². The van der Waals surface area contributed by atoms with Crippen molar-refractivity contribution in [3.05, 3.63) is 35.4 Å².